The van der Waals surface area contributed by atoms with E-state index >= 15 is 0 Å². The molecule has 0 saturated heterocycles. The number of hydrogen-bond acceptors (Lipinski definition) is 1. The highest BCUT2D eigenvalue weighted by molar-refractivity contribution is 6.63. The average molecular weight is 186 g/mol. The van der Waals surface area contributed by atoms with E-state index < -0.39 is 0 Å². The van der Waals surface area contributed by atoms with E-state index in [1.807, 2.05) is 12.2 Å². The molecule has 0 saturated carbocycles. The van der Waals surface area contributed by atoms with Crippen LogP contribution in [0.4, 0.5) is 0 Å². The van der Waals surface area contributed by atoms with Crippen LogP contribution in [-0.4, -0.2) is 40.9 Å². The molecular weight excluding hydrogens is 172 g/mol. The van der Waals surface area contributed by atoms with Crippen molar-refractivity contribution in [2.45, 2.75) is 0 Å². The molecule has 0 aromatic rings. The molecule has 0 fully saturated rings. The van der Waals surface area contributed by atoms with Crippen LogP contribution in [0.25, 0.3) is 0 Å². The van der Waals surface area contributed by atoms with Crippen molar-refractivity contribution in [3.63, 3.8) is 0 Å². The molecule has 0 N–H and O–H groups in total. The lowest BCUT2D eigenvalue weighted by Crippen LogP contribution is -2.25. The summed E-state index contributed by atoms with van der Waals surface area (Å²) in [5.41, 5.74) is 0. The maximum Gasteiger partial charge on any atom is 0.345 e. The van der Waals surface area contributed by atoms with E-state index in [1.54, 1.807) is 0 Å². The van der Waals surface area contributed by atoms with Crippen molar-refractivity contribution in [1.82, 2.24) is 4.90 Å². The van der Waals surface area contributed by atoms with Gasteiger partial charge in [0.25, 0.3) is 0 Å². The Morgan fingerprint density at radius 2 is 2.25 bits per heavy atom. The molecule has 0 amide bonds. The van der Waals surface area contributed by atoms with Crippen molar-refractivity contribution in [3.05, 3.63) is 25.3 Å². The number of nitrogens with zero attached hydrogens (tertiary/aromatic N) is 2. The van der Waals surface area contributed by atoms with E-state index in [9.17, 15) is 0 Å². The number of amidine groups is 1. The van der Waals surface area contributed by atoms with Gasteiger partial charge in [0, 0.05) is 11.6 Å². The average Bonchev–Trinajstić information content (AvgIpc) is 2.38. The molecule has 0 unspecified atom stereocenters. The van der Waals surface area contributed by atoms with Crippen LogP contribution in [0.2, 0.25) is 0 Å². The van der Waals surface area contributed by atoms with Gasteiger partial charge in [0.2, 0.25) is 0 Å². The Morgan fingerprint density at radius 3 is 2.83 bits per heavy atom. The lowest BCUT2D eigenvalue weighted by atomic mass is 10.5. The van der Waals surface area contributed by atoms with Gasteiger partial charge in [-0.25, -0.2) is 9.48 Å². The van der Waals surface area contributed by atoms with Gasteiger partial charge in [-0.3, -0.25) is 0 Å². The molecule has 0 aliphatic carbocycles. The summed E-state index contributed by atoms with van der Waals surface area (Å²) < 4.78 is 2.10. The van der Waals surface area contributed by atoms with Gasteiger partial charge in [0.05, 0.1) is 0 Å². The molecule has 66 valence electrons. The van der Waals surface area contributed by atoms with Gasteiger partial charge in [0.1, 0.15) is 26.2 Å². The molecule has 0 aromatic heterocycles. The second kappa shape index (κ2) is 4.31. The molecule has 1 aliphatic heterocycles. The summed E-state index contributed by atoms with van der Waals surface area (Å²) in [5, 5.41) is 0.815. The van der Waals surface area contributed by atoms with Gasteiger partial charge >= 0.3 is 5.29 Å². The standard InChI is InChI=1S/C9H14ClN2/c1-3-5-11-7-8-12(6-4-2)9(11)10/h3-4H,1-2,5-8H2/q+1. The van der Waals surface area contributed by atoms with E-state index in [0.717, 1.165) is 31.5 Å². The maximum absolute atomic E-state index is 6.07. The smallest absolute Gasteiger partial charge is 0.244 e. The Kier molecular flexibility index (Phi) is 3.35. The third-order valence-corrected chi connectivity index (χ3v) is 2.34. The zero-order valence-electron chi connectivity index (χ0n) is 7.17. The van der Waals surface area contributed by atoms with Crippen LogP contribution >= 0.6 is 11.6 Å². The third kappa shape index (κ3) is 1.89. The van der Waals surface area contributed by atoms with Crippen molar-refractivity contribution < 1.29 is 4.58 Å². The first-order valence-corrected chi connectivity index (χ1v) is 4.41. The lowest BCUT2D eigenvalue weighted by Gasteiger charge is -2.03. The summed E-state index contributed by atoms with van der Waals surface area (Å²) in [6, 6.07) is 0. The van der Waals surface area contributed by atoms with Gasteiger partial charge in [-0.15, -0.1) is 0 Å². The monoisotopic (exact) mass is 185 g/mol. The summed E-state index contributed by atoms with van der Waals surface area (Å²) in [6.07, 6.45) is 3.72. The molecule has 0 radical (unpaired) electrons. The molecular formula is C9H14ClN2+. The lowest BCUT2D eigenvalue weighted by molar-refractivity contribution is -0.505. The van der Waals surface area contributed by atoms with E-state index in [-0.39, 0.29) is 0 Å². The summed E-state index contributed by atoms with van der Waals surface area (Å²) in [6.45, 7) is 11.0. The molecule has 1 rings (SSSR count). The first-order valence-electron chi connectivity index (χ1n) is 4.03. The highest BCUT2D eigenvalue weighted by Gasteiger charge is 2.26. The van der Waals surface area contributed by atoms with E-state index in [0.29, 0.717) is 0 Å². The highest BCUT2D eigenvalue weighted by atomic mass is 35.5. The van der Waals surface area contributed by atoms with Gasteiger partial charge < -0.3 is 0 Å². The summed E-state index contributed by atoms with van der Waals surface area (Å²) >= 11 is 6.07. The van der Waals surface area contributed by atoms with Gasteiger partial charge in [0.15, 0.2) is 0 Å². The quantitative estimate of drug-likeness (QED) is 0.364. The molecule has 12 heavy (non-hydrogen) atoms. The topological polar surface area (TPSA) is 6.25 Å². The number of rotatable bonds is 4. The van der Waals surface area contributed by atoms with E-state index in [1.165, 1.54) is 0 Å². The fraction of sp³-hybridized carbons (Fsp3) is 0.444. The molecule has 3 heteroatoms. The SMILES string of the molecule is C=CCN1CC[N+](CC=C)=C1Cl. The van der Waals surface area contributed by atoms with Crippen LogP contribution in [0.1, 0.15) is 0 Å². The molecule has 2 nitrogen and oxygen atoms in total. The van der Waals surface area contributed by atoms with Gasteiger partial charge in [-0.2, -0.15) is 0 Å². The van der Waals surface area contributed by atoms with Gasteiger partial charge in [-0.1, -0.05) is 25.3 Å². The normalized spacial score (nSPS) is 16.9. The third-order valence-electron chi connectivity index (χ3n) is 1.86. The Morgan fingerprint density at radius 1 is 1.50 bits per heavy atom. The van der Waals surface area contributed by atoms with Crippen LogP contribution < -0.4 is 0 Å². The predicted molar refractivity (Wildman–Crippen MR) is 52.8 cm³/mol. The summed E-state index contributed by atoms with van der Waals surface area (Å²) in [5.74, 6) is 0. The van der Waals surface area contributed by atoms with Crippen LogP contribution in [0.3, 0.4) is 0 Å². The predicted octanol–water partition coefficient (Wildman–Crippen LogP) is 1.28. The second-order valence-corrected chi connectivity index (χ2v) is 3.08. The molecule has 1 aliphatic rings. The molecule has 0 bridgehead atoms. The largest absolute Gasteiger partial charge is 0.345 e. The summed E-state index contributed by atoms with van der Waals surface area (Å²) in [4.78, 5) is 2.10. The first kappa shape index (κ1) is 9.33. The minimum absolute atomic E-state index is 0.815. The van der Waals surface area contributed by atoms with Crippen LogP contribution in [0.5, 0.6) is 0 Å². The minimum atomic E-state index is 0.815. The molecule has 0 aromatic carbocycles. The van der Waals surface area contributed by atoms with Crippen LogP contribution in [-0.2, 0) is 0 Å². The molecule has 0 spiro atoms. The van der Waals surface area contributed by atoms with Crippen molar-refractivity contribution in [2.24, 2.45) is 0 Å². The number of halogens is 1. The Bertz CT molecular complexity index is 221. The maximum atomic E-state index is 6.07. The van der Waals surface area contributed by atoms with Crippen molar-refractivity contribution >= 4 is 16.9 Å². The van der Waals surface area contributed by atoms with E-state index in [2.05, 4.69) is 22.6 Å². The van der Waals surface area contributed by atoms with Crippen molar-refractivity contribution in [2.75, 3.05) is 26.2 Å². The Labute approximate surface area is 78.4 Å². The van der Waals surface area contributed by atoms with Crippen LogP contribution in [0, 0.1) is 0 Å². The zero-order chi connectivity index (χ0) is 8.97. The Balaban J connectivity index is 2.62. The van der Waals surface area contributed by atoms with Crippen molar-refractivity contribution in [1.29, 1.82) is 0 Å². The van der Waals surface area contributed by atoms with Gasteiger partial charge in [-0.05, 0) is 0 Å². The van der Waals surface area contributed by atoms with E-state index in [4.69, 9.17) is 11.6 Å². The summed E-state index contributed by atoms with van der Waals surface area (Å²) in [7, 11) is 0. The zero-order valence-corrected chi connectivity index (χ0v) is 7.93. The fourth-order valence-corrected chi connectivity index (χ4v) is 1.58. The minimum Gasteiger partial charge on any atom is -0.244 e. The fourth-order valence-electron chi connectivity index (χ4n) is 1.27. The van der Waals surface area contributed by atoms with Crippen LogP contribution in [0.15, 0.2) is 25.3 Å². The molecule has 0 atom stereocenters. The Hall–Kier alpha value is -0.760. The highest BCUT2D eigenvalue weighted by Crippen LogP contribution is 2.04. The molecule has 1 heterocycles. The first-order chi connectivity index (χ1) is 5.79. The second-order valence-electron chi connectivity index (χ2n) is 2.74. The van der Waals surface area contributed by atoms with Crippen molar-refractivity contribution in [3.8, 4) is 0 Å². The number of hydrogen-bond donors (Lipinski definition) is 0.